The SMILES string of the molecule is C1COCCOCCOCCOCCO1.C1COCCOCCOCCOCCO1.O.O.O.O.O.O.O.O.O=[N+]([O-])[O-].O=[N+]([O-])[O-].O=[N+]([O-])[O-].O=[N+]([O-])[O-].O=[N+]([O-])[O-].O=[N+]([O-])[O-].[Al+3].[Al+3].[OH3+].[OH3+].[OH3+].[OH3+].[OH3+].[OH3+].[OH3+].[OH3+].[OH3+].[OH3+].[OH3+].[OH3+]. The Kier molecular flexibility index (Phi) is 446. The number of rotatable bonds is 0. The molecule has 2 heterocycles. The third-order valence-corrected chi connectivity index (χ3v) is 3.72. The van der Waals surface area contributed by atoms with E-state index in [0.717, 1.165) is 0 Å². The topological polar surface area (TPSA) is 1140 Å². The van der Waals surface area contributed by atoms with Gasteiger partial charge in [-0.15, -0.1) is 0 Å². The third-order valence-electron chi connectivity index (χ3n) is 3.72. The average Bonchev–Trinajstić information content (AvgIpc) is 3.04. The van der Waals surface area contributed by atoms with E-state index in [4.69, 9.17) is 139 Å². The van der Waals surface area contributed by atoms with E-state index in [9.17, 15) is 0 Å². The zero-order valence-electron chi connectivity index (χ0n) is 40.3. The van der Waals surface area contributed by atoms with E-state index in [0.29, 0.717) is 132 Å². The Balaban J connectivity index is -0.0000000137. The quantitative estimate of drug-likeness (QED) is 0.0940. The molecule has 0 radical (unpaired) electrons. The molecule has 2 aliphatic heterocycles. The molecule has 2 rings (SSSR count). The Labute approximate surface area is 446 Å². The Hall–Kier alpha value is -4.94. The molecule has 2 saturated heterocycles. The Morgan fingerprint density at radius 3 is 0.224 bits per heavy atom. The first-order chi connectivity index (χ1) is 25.4. The third kappa shape index (κ3) is 509. The molecule has 484 valence electrons. The van der Waals surface area contributed by atoms with Gasteiger partial charge in [0.2, 0.25) is 0 Å². The molecule has 0 bridgehead atoms. The zero-order valence-corrected chi connectivity index (χ0v) is 42.6. The Bertz CT molecular complexity index is 612. The average molecular weight is 1240 g/mol. The van der Waals surface area contributed by atoms with E-state index in [-0.39, 0.29) is 144 Å². The van der Waals surface area contributed by atoms with Gasteiger partial charge in [0.1, 0.15) is 0 Å². The van der Waals surface area contributed by atoms with Crippen LogP contribution in [0.25, 0.3) is 0 Å². The van der Waals surface area contributed by atoms with Crippen LogP contribution in [-0.4, -0.2) is 241 Å². The van der Waals surface area contributed by atoms with Gasteiger partial charge in [0.25, 0.3) is 0 Å². The first-order valence-electron chi connectivity index (χ1n) is 14.1. The molecular weight excluding hydrogens is 1150 g/mol. The van der Waals surface area contributed by atoms with Gasteiger partial charge in [-0.05, 0) is 0 Å². The van der Waals surface area contributed by atoms with Crippen LogP contribution >= 0.6 is 0 Å². The van der Waals surface area contributed by atoms with Crippen LogP contribution in [0.3, 0.4) is 0 Å². The fourth-order valence-corrected chi connectivity index (χ4v) is 2.20. The molecule has 76 heavy (non-hydrogen) atoms. The summed E-state index contributed by atoms with van der Waals surface area (Å²) in [5.41, 5.74) is 0. The smallest absolute Gasteiger partial charge is 0.457 e. The van der Waals surface area contributed by atoms with E-state index in [2.05, 4.69) is 0 Å². The normalized spacial score (nSPS) is 11.4. The van der Waals surface area contributed by atoms with Crippen LogP contribution in [-0.2, 0) is 113 Å². The molecule has 2 aliphatic rings. The molecule has 0 aliphatic carbocycles. The minimum Gasteiger partial charge on any atom is -0.457 e. The van der Waals surface area contributed by atoms with Gasteiger partial charge in [-0.3, -0.25) is 0 Å². The van der Waals surface area contributed by atoms with Crippen molar-refractivity contribution >= 4 is 34.7 Å². The van der Waals surface area contributed by atoms with Crippen LogP contribution in [0, 0.1) is 91.9 Å². The summed E-state index contributed by atoms with van der Waals surface area (Å²) < 4.78 is 52.8. The van der Waals surface area contributed by atoms with E-state index >= 15 is 0 Å². The van der Waals surface area contributed by atoms with Gasteiger partial charge in [-0.25, -0.2) is 0 Å². The van der Waals surface area contributed by atoms with Crippen molar-refractivity contribution in [3.05, 3.63) is 91.9 Å². The number of hydrogen-bond donors (Lipinski definition) is 0. The molecule has 0 atom stereocenters. The van der Waals surface area contributed by atoms with Crippen LogP contribution in [0.1, 0.15) is 0 Å². The van der Waals surface area contributed by atoms with Crippen LogP contribution in [0.4, 0.5) is 0 Å². The number of nitrogens with zero attached hydrogens (tertiary/aromatic N) is 6. The summed E-state index contributed by atoms with van der Waals surface area (Å²) in [7, 11) is 0. The van der Waals surface area contributed by atoms with Gasteiger partial charge in [0.05, 0.1) is 163 Å². The van der Waals surface area contributed by atoms with Gasteiger partial charge < -0.3 is 249 Å². The largest absolute Gasteiger partial charge is 3.00 e. The van der Waals surface area contributed by atoms with Crippen molar-refractivity contribution in [2.24, 2.45) is 0 Å². The fourth-order valence-electron chi connectivity index (χ4n) is 2.20. The van der Waals surface area contributed by atoms with E-state index < -0.39 is 30.5 Å². The van der Waals surface area contributed by atoms with Crippen LogP contribution < -0.4 is 0 Å². The standard InChI is InChI=1S/2C10H20O5.2Al.6NO3.20H2O/c2*1-2-12-5-6-14-9-10-15-8-7-13-4-3-11-1;;;6*2-1(3)4;;;;;;;;;;;;;;;;;;;;/h2*1-10H2;;;;;;;;;20*1H2/q;;2*+3;6*-1;;;;;;;;;;;;;;;;;;;;/p+12. The molecule has 52 N–H and O–H groups in total. The molecule has 56 heteroatoms. The van der Waals surface area contributed by atoms with Crippen molar-refractivity contribution in [1.82, 2.24) is 0 Å². The molecule has 2 fully saturated rings. The summed E-state index contributed by atoms with van der Waals surface area (Å²) in [4.78, 5) is 49.5. The Morgan fingerprint density at radius 2 is 0.197 bits per heavy atom. The Morgan fingerprint density at radius 1 is 0.171 bits per heavy atom. The first kappa shape index (κ1) is 188. The van der Waals surface area contributed by atoms with Crippen LogP contribution in [0.5, 0.6) is 0 Å². The number of ether oxygens (including phenoxy) is 10. The minimum absolute atomic E-state index is 0. The van der Waals surface area contributed by atoms with Crippen molar-refractivity contribution in [3.63, 3.8) is 0 Å². The predicted molar refractivity (Wildman–Crippen MR) is 269 cm³/mol. The molecule has 0 amide bonds. The van der Waals surface area contributed by atoms with Gasteiger partial charge in [-0.1, -0.05) is 0 Å². The maximum Gasteiger partial charge on any atom is 3.00 e. The molecule has 0 aromatic rings. The second-order valence-electron chi connectivity index (χ2n) is 7.47. The molecule has 0 saturated carbocycles. The van der Waals surface area contributed by atoms with Crippen molar-refractivity contribution in [3.8, 4) is 0 Å². The second kappa shape index (κ2) is 180. The van der Waals surface area contributed by atoms with E-state index in [1.165, 1.54) is 0 Å². The fraction of sp³-hybridized carbons (Fsp3) is 1.00. The number of hydrogen-bond acceptors (Lipinski definition) is 28. The molecule has 0 spiro atoms. The van der Waals surface area contributed by atoms with Gasteiger partial charge in [0, 0.05) is 0 Å². The predicted octanol–water partition coefficient (Wildman–Crippen LogP) is -19.7. The summed E-state index contributed by atoms with van der Waals surface area (Å²) in [6.07, 6.45) is 0. The summed E-state index contributed by atoms with van der Waals surface area (Å²) >= 11 is 0. The second-order valence-corrected chi connectivity index (χ2v) is 7.47. The van der Waals surface area contributed by atoms with Crippen LogP contribution in [0.15, 0.2) is 0 Å². The molecular formula is C20H92Al2N6O48+12. The molecule has 0 aromatic heterocycles. The summed E-state index contributed by atoms with van der Waals surface area (Å²) in [6, 6.07) is 0. The van der Waals surface area contributed by atoms with Crippen molar-refractivity contribution < 1.29 is 187 Å². The van der Waals surface area contributed by atoms with Crippen LogP contribution in [0.2, 0.25) is 0 Å². The van der Waals surface area contributed by atoms with E-state index in [1.807, 2.05) is 0 Å². The molecule has 54 nitrogen and oxygen atoms in total. The van der Waals surface area contributed by atoms with Crippen molar-refractivity contribution in [2.75, 3.05) is 132 Å². The summed E-state index contributed by atoms with van der Waals surface area (Å²) in [5.74, 6) is 0. The minimum atomic E-state index is -1.75. The van der Waals surface area contributed by atoms with Crippen molar-refractivity contribution in [1.29, 1.82) is 0 Å². The van der Waals surface area contributed by atoms with Gasteiger partial charge >= 0.3 is 34.7 Å². The first-order valence-corrected chi connectivity index (χ1v) is 14.1. The van der Waals surface area contributed by atoms with Crippen molar-refractivity contribution in [2.45, 2.75) is 0 Å². The monoisotopic (exact) mass is 1240 g/mol. The van der Waals surface area contributed by atoms with E-state index in [1.54, 1.807) is 0 Å². The maximum atomic E-state index is 8.25. The molecule has 0 aromatic carbocycles. The molecule has 0 unspecified atom stereocenters. The van der Waals surface area contributed by atoms with Gasteiger partial charge in [0.15, 0.2) is 0 Å². The summed E-state index contributed by atoms with van der Waals surface area (Å²) in [6.45, 7) is 12.2. The maximum absolute atomic E-state index is 8.25. The zero-order chi connectivity index (χ0) is 42.7. The van der Waals surface area contributed by atoms with Gasteiger partial charge in [-0.2, -0.15) is 0 Å². The summed E-state index contributed by atoms with van der Waals surface area (Å²) in [5, 5.41) is 88.5.